The van der Waals surface area contributed by atoms with E-state index < -0.39 is 0 Å². The first-order chi connectivity index (χ1) is 9.82. The summed E-state index contributed by atoms with van der Waals surface area (Å²) >= 11 is 3.66. The van der Waals surface area contributed by atoms with Crippen molar-refractivity contribution in [2.75, 3.05) is 13.2 Å². The lowest BCUT2D eigenvalue weighted by Gasteiger charge is -2.32. The van der Waals surface area contributed by atoms with Gasteiger partial charge in [0.05, 0.1) is 6.61 Å². The van der Waals surface area contributed by atoms with Crippen molar-refractivity contribution in [3.63, 3.8) is 0 Å². The Bertz CT molecular complexity index is 493. The first-order valence-electron chi connectivity index (χ1n) is 8.01. The molecule has 2 atom stereocenters. The fourth-order valence-corrected chi connectivity index (χ4v) is 3.35. The molecular formula is C18H28BrNO. The van der Waals surface area contributed by atoms with E-state index in [2.05, 4.69) is 68.0 Å². The Morgan fingerprint density at radius 2 is 2.05 bits per heavy atom. The second-order valence-corrected chi connectivity index (χ2v) is 8.11. The summed E-state index contributed by atoms with van der Waals surface area (Å²) < 4.78 is 7.08. The molecule has 1 aromatic carbocycles. The number of nitrogens with one attached hydrogen (secondary N) is 1. The maximum absolute atomic E-state index is 5.92. The van der Waals surface area contributed by atoms with Crippen LogP contribution in [-0.4, -0.2) is 13.2 Å². The Morgan fingerprint density at radius 3 is 2.67 bits per heavy atom. The summed E-state index contributed by atoms with van der Waals surface area (Å²) in [7, 11) is 0. The van der Waals surface area contributed by atoms with E-state index in [4.69, 9.17) is 4.74 Å². The lowest BCUT2D eigenvalue weighted by atomic mass is 9.77. The van der Waals surface area contributed by atoms with E-state index in [0.29, 0.717) is 17.4 Å². The van der Waals surface area contributed by atoms with Gasteiger partial charge in [-0.05, 0) is 42.0 Å². The van der Waals surface area contributed by atoms with Crippen LogP contribution >= 0.6 is 15.9 Å². The van der Waals surface area contributed by atoms with Crippen LogP contribution in [0.4, 0.5) is 0 Å². The van der Waals surface area contributed by atoms with Crippen LogP contribution in [-0.2, 0) is 6.42 Å². The van der Waals surface area contributed by atoms with Gasteiger partial charge in [0.1, 0.15) is 5.75 Å². The standard InChI is InChI=1S/C18H28BrNO/c1-6-20-16(9-12(2)18(3,4)5)15-11-14(19)10-13-7-8-21-17(13)15/h10-12,16,20H,6-9H2,1-5H3. The number of ether oxygens (including phenoxy) is 1. The summed E-state index contributed by atoms with van der Waals surface area (Å²) in [6.45, 7) is 13.3. The molecule has 0 saturated carbocycles. The van der Waals surface area contributed by atoms with E-state index in [-0.39, 0.29) is 0 Å². The Morgan fingerprint density at radius 1 is 1.33 bits per heavy atom. The molecule has 0 radical (unpaired) electrons. The van der Waals surface area contributed by atoms with E-state index >= 15 is 0 Å². The molecular weight excluding hydrogens is 326 g/mol. The molecule has 1 heterocycles. The predicted octanol–water partition coefficient (Wildman–Crippen LogP) is 5.11. The number of hydrogen-bond acceptors (Lipinski definition) is 2. The molecule has 0 bridgehead atoms. The molecule has 2 unspecified atom stereocenters. The summed E-state index contributed by atoms with van der Waals surface area (Å²) in [5.74, 6) is 1.75. The van der Waals surface area contributed by atoms with Crippen LogP contribution in [0.3, 0.4) is 0 Å². The molecule has 1 aliphatic rings. The topological polar surface area (TPSA) is 21.3 Å². The van der Waals surface area contributed by atoms with Crippen molar-refractivity contribution < 1.29 is 4.74 Å². The normalized spacial score (nSPS) is 17.2. The van der Waals surface area contributed by atoms with Crippen molar-refractivity contribution in [1.82, 2.24) is 5.32 Å². The minimum absolute atomic E-state index is 0.323. The molecule has 3 heteroatoms. The molecule has 0 saturated heterocycles. The van der Waals surface area contributed by atoms with Crippen LogP contribution in [0.15, 0.2) is 16.6 Å². The Labute approximate surface area is 137 Å². The Hall–Kier alpha value is -0.540. The van der Waals surface area contributed by atoms with Gasteiger partial charge in [-0.2, -0.15) is 0 Å². The molecule has 21 heavy (non-hydrogen) atoms. The van der Waals surface area contributed by atoms with Crippen LogP contribution in [0.1, 0.15) is 58.2 Å². The third-order valence-electron chi connectivity index (χ3n) is 4.67. The van der Waals surface area contributed by atoms with Crippen LogP contribution in [0.2, 0.25) is 0 Å². The molecule has 1 N–H and O–H groups in total. The first-order valence-corrected chi connectivity index (χ1v) is 8.80. The zero-order valence-electron chi connectivity index (χ0n) is 13.9. The predicted molar refractivity (Wildman–Crippen MR) is 93.0 cm³/mol. The highest BCUT2D eigenvalue weighted by atomic mass is 79.9. The largest absolute Gasteiger partial charge is 0.493 e. The fourth-order valence-electron chi connectivity index (χ4n) is 2.83. The molecule has 0 fully saturated rings. The molecule has 118 valence electrons. The number of rotatable bonds is 5. The van der Waals surface area contributed by atoms with Gasteiger partial charge in [-0.1, -0.05) is 50.5 Å². The zero-order valence-corrected chi connectivity index (χ0v) is 15.5. The smallest absolute Gasteiger partial charge is 0.127 e. The SMILES string of the molecule is CCNC(CC(C)C(C)(C)C)c1cc(Br)cc2c1OCC2. The number of benzene rings is 1. The molecule has 0 aromatic heterocycles. The van der Waals surface area contributed by atoms with Gasteiger partial charge in [-0.3, -0.25) is 0 Å². The van der Waals surface area contributed by atoms with Crippen LogP contribution in [0.25, 0.3) is 0 Å². The third-order valence-corrected chi connectivity index (χ3v) is 5.13. The Kier molecular flexibility index (Phi) is 5.37. The van der Waals surface area contributed by atoms with Crippen molar-refractivity contribution in [2.45, 2.75) is 53.5 Å². The summed E-state index contributed by atoms with van der Waals surface area (Å²) in [5.41, 5.74) is 2.98. The lowest BCUT2D eigenvalue weighted by Crippen LogP contribution is -2.27. The average Bonchev–Trinajstić information content (AvgIpc) is 2.83. The molecule has 0 aliphatic carbocycles. The van der Waals surface area contributed by atoms with Crippen molar-refractivity contribution in [1.29, 1.82) is 0 Å². The monoisotopic (exact) mass is 353 g/mol. The van der Waals surface area contributed by atoms with E-state index in [1.807, 2.05) is 0 Å². The minimum Gasteiger partial charge on any atom is -0.493 e. The van der Waals surface area contributed by atoms with Crippen LogP contribution < -0.4 is 10.1 Å². The molecule has 1 aliphatic heterocycles. The van der Waals surface area contributed by atoms with Gasteiger partial charge in [0.25, 0.3) is 0 Å². The molecule has 0 spiro atoms. The van der Waals surface area contributed by atoms with Crippen molar-refractivity contribution >= 4 is 15.9 Å². The van der Waals surface area contributed by atoms with Crippen LogP contribution in [0, 0.1) is 11.3 Å². The van der Waals surface area contributed by atoms with Gasteiger partial charge in [0.15, 0.2) is 0 Å². The molecule has 2 rings (SSSR count). The fraction of sp³-hybridized carbons (Fsp3) is 0.667. The summed E-state index contributed by atoms with van der Waals surface area (Å²) in [6.07, 6.45) is 2.15. The van der Waals surface area contributed by atoms with E-state index in [1.165, 1.54) is 11.1 Å². The van der Waals surface area contributed by atoms with E-state index in [0.717, 1.165) is 36.2 Å². The highest BCUT2D eigenvalue weighted by Crippen LogP contribution is 2.40. The van der Waals surface area contributed by atoms with E-state index in [1.54, 1.807) is 0 Å². The third kappa shape index (κ3) is 4.01. The molecule has 1 aromatic rings. The number of halogens is 1. The van der Waals surface area contributed by atoms with Gasteiger partial charge in [-0.25, -0.2) is 0 Å². The first kappa shape index (κ1) is 16.8. The van der Waals surface area contributed by atoms with Crippen molar-refractivity contribution in [3.8, 4) is 5.75 Å². The van der Waals surface area contributed by atoms with Crippen molar-refractivity contribution in [3.05, 3.63) is 27.7 Å². The second kappa shape index (κ2) is 6.70. The number of fused-ring (bicyclic) bond motifs is 1. The second-order valence-electron chi connectivity index (χ2n) is 7.19. The van der Waals surface area contributed by atoms with Crippen LogP contribution in [0.5, 0.6) is 5.75 Å². The maximum Gasteiger partial charge on any atom is 0.127 e. The maximum atomic E-state index is 5.92. The number of hydrogen-bond donors (Lipinski definition) is 1. The summed E-state index contributed by atoms with van der Waals surface area (Å²) in [4.78, 5) is 0. The molecule has 2 nitrogen and oxygen atoms in total. The van der Waals surface area contributed by atoms with Crippen molar-refractivity contribution in [2.24, 2.45) is 11.3 Å². The summed E-state index contributed by atoms with van der Waals surface area (Å²) in [6, 6.07) is 4.78. The average molecular weight is 354 g/mol. The highest BCUT2D eigenvalue weighted by Gasteiger charge is 2.28. The summed E-state index contributed by atoms with van der Waals surface area (Å²) in [5, 5.41) is 3.66. The Balaban J connectivity index is 2.30. The highest BCUT2D eigenvalue weighted by molar-refractivity contribution is 9.10. The van der Waals surface area contributed by atoms with Gasteiger partial charge in [-0.15, -0.1) is 0 Å². The van der Waals surface area contributed by atoms with E-state index in [9.17, 15) is 0 Å². The minimum atomic E-state index is 0.323. The van der Waals surface area contributed by atoms with Gasteiger partial charge < -0.3 is 10.1 Å². The molecule has 0 amide bonds. The van der Waals surface area contributed by atoms with Gasteiger partial charge in [0, 0.05) is 22.5 Å². The van der Waals surface area contributed by atoms with Gasteiger partial charge >= 0.3 is 0 Å². The lowest BCUT2D eigenvalue weighted by molar-refractivity contribution is 0.222. The van der Waals surface area contributed by atoms with Gasteiger partial charge in [0.2, 0.25) is 0 Å². The quantitative estimate of drug-likeness (QED) is 0.794. The zero-order chi connectivity index (χ0) is 15.6.